The maximum Gasteiger partial charge on any atom is 0.262 e. The van der Waals surface area contributed by atoms with Crippen LogP contribution in [0.3, 0.4) is 0 Å². The normalized spacial score (nSPS) is 11.7. The number of nitrogens with one attached hydrogen (secondary N) is 2. The van der Waals surface area contributed by atoms with E-state index in [1.54, 1.807) is 24.3 Å². The summed E-state index contributed by atoms with van der Waals surface area (Å²) in [6.07, 6.45) is 0.342. The van der Waals surface area contributed by atoms with Gasteiger partial charge in [-0.15, -0.1) is 21.5 Å². The number of nitrogens with zero attached hydrogens (tertiary/aromatic N) is 2. The van der Waals surface area contributed by atoms with Crippen molar-refractivity contribution in [3.05, 3.63) is 93.9 Å². The van der Waals surface area contributed by atoms with E-state index in [4.69, 9.17) is 0 Å². The molecule has 10 heteroatoms. The van der Waals surface area contributed by atoms with Gasteiger partial charge in [-0.3, -0.25) is 14.9 Å². The number of rotatable bonds is 9. The van der Waals surface area contributed by atoms with Gasteiger partial charge < -0.3 is 5.32 Å². The van der Waals surface area contributed by atoms with Crippen molar-refractivity contribution in [1.82, 2.24) is 15.5 Å². The summed E-state index contributed by atoms with van der Waals surface area (Å²) in [6.45, 7) is 0. The lowest BCUT2D eigenvalue weighted by molar-refractivity contribution is -0.118. The fourth-order valence-corrected chi connectivity index (χ4v) is 5.27. The van der Waals surface area contributed by atoms with Gasteiger partial charge in [0.05, 0.1) is 4.88 Å². The molecular formula is C23H19FN4O2S3. The van der Waals surface area contributed by atoms with Crippen LogP contribution in [0.2, 0.25) is 0 Å². The van der Waals surface area contributed by atoms with Crippen LogP contribution in [-0.2, 0) is 17.0 Å². The van der Waals surface area contributed by atoms with Crippen molar-refractivity contribution in [2.45, 2.75) is 22.6 Å². The van der Waals surface area contributed by atoms with Gasteiger partial charge in [-0.25, -0.2) is 4.39 Å². The second-order valence-corrected chi connectivity index (χ2v) is 10.1. The highest BCUT2D eigenvalue weighted by Gasteiger charge is 2.23. The predicted molar refractivity (Wildman–Crippen MR) is 130 cm³/mol. The average Bonchev–Trinajstić information content (AvgIpc) is 3.51. The molecule has 0 saturated heterocycles. The molecule has 0 bridgehead atoms. The van der Waals surface area contributed by atoms with Gasteiger partial charge in [-0.1, -0.05) is 71.6 Å². The Morgan fingerprint density at radius 1 is 0.970 bits per heavy atom. The van der Waals surface area contributed by atoms with Crippen LogP contribution >= 0.6 is 34.4 Å². The SMILES string of the molecule is O=C(N[C@@H](Cc1ccccc1)C(=O)Nc1nnc(SCc2ccc(F)cc2)s1)c1cccs1. The fourth-order valence-electron chi connectivity index (χ4n) is 2.93. The minimum atomic E-state index is -0.777. The molecule has 2 aromatic heterocycles. The first kappa shape index (κ1) is 23.1. The van der Waals surface area contributed by atoms with E-state index in [9.17, 15) is 14.0 Å². The third-order valence-electron chi connectivity index (χ3n) is 4.56. The summed E-state index contributed by atoms with van der Waals surface area (Å²) in [5.74, 6) is -0.333. The fraction of sp³-hybridized carbons (Fsp3) is 0.130. The molecule has 0 saturated carbocycles. The summed E-state index contributed by atoms with van der Waals surface area (Å²) < 4.78 is 13.7. The van der Waals surface area contributed by atoms with Crippen molar-refractivity contribution in [2.75, 3.05) is 5.32 Å². The third kappa shape index (κ3) is 6.70. The smallest absolute Gasteiger partial charge is 0.262 e. The number of thiophene rings is 1. The van der Waals surface area contributed by atoms with E-state index in [-0.39, 0.29) is 17.6 Å². The summed E-state index contributed by atoms with van der Waals surface area (Å²) in [6, 6.07) is 18.5. The molecule has 0 aliphatic heterocycles. The molecule has 4 rings (SSSR count). The summed E-state index contributed by atoms with van der Waals surface area (Å²) in [5.41, 5.74) is 1.89. The lowest BCUT2D eigenvalue weighted by Gasteiger charge is -2.17. The summed E-state index contributed by atoms with van der Waals surface area (Å²) >= 11 is 4.01. The van der Waals surface area contributed by atoms with Gasteiger partial charge in [0.1, 0.15) is 11.9 Å². The number of thioether (sulfide) groups is 1. The van der Waals surface area contributed by atoms with Crippen LogP contribution in [0.25, 0.3) is 0 Å². The summed E-state index contributed by atoms with van der Waals surface area (Å²) in [5, 5.41) is 15.9. The Bertz CT molecular complexity index is 1200. The highest BCUT2D eigenvalue weighted by Crippen LogP contribution is 2.28. The highest BCUT2D eigenvalue weighted by atomic mass is 32.2. The Hall–Kier alpha value is -3.08. The summed E-state index contributed by atoms with van der Waals surface area (Å²) in [4.78, 5) is 26.1. The molecule has 0 fully saturated rings. The van der Waals surface area contributed by atoms with Crippen molar-refractivity contribution in [3.8, 4) is 0 Å². The Morgan fingerprint density at radius 2 is 1.76 bits per heavy atom. The second kappa shape index (κ2) is 11.2. The van der Waals surface area contributed by atoms with E-state index >= 15 is 0 Å². The Balaban J connectivity index is 1.40. The zero-order chi connectivity index (χ0) is 23.0. The van der Waals surface area contributed by atoms with Gasteiger partial charge in [-0.2, -0.15) is 0 Å². The Labute approximate surface area is 202 Å². The first-order valence-electron chi connectivity index (χ1n) is 9.97. The molecule has 0 radical (unpaired) electrons. The van der Waals surface area contributed by atoms with Gasteiger partial charge in [0.2, 0.25) is 11.0 Å². The number of hydrogen-bond acceptors (Lipinski definition) is 7. The van der Waals surface area contributed by atoms with Gasteiger partial charge in [0.15, 0.2) is 4.34 Å². The molecule has 0 aliphatic rings. The van der Waals surface area contributed by atoms with Crippen molar-refractivity contribution in [2.24, 2.45) is 0 Å². The molecule has 33 heavy (non-hydrogen) atoms. The molecule has 168 valence electrons. The maximum absolute atomic E-state index is 13.0. The number of aromatic nitrogens is 2. The highest BCUT2D eigenvalue weighted by molar-refractivity contribution is 8.00. The third-order valence-corrected chi connectivity index (χ3v) is 7.47. The van der Waals surface area contributed by atoms with E-state index in [1.165, 1.54) is 46.6 Å². The standard InChI is InChI=1S/C23H19FN4O2S3/c24-17-10-8-16(9-11-17)14-32-23-28-27-22(33-23)26-20(29)18(13-15-5-2-1-3-6-15)25-21(30)19-7-4-12-31-19/h1-12,18H,13-14H2,(H,25,30)(H,26,27,29)/t18-/m0/s1. The largest absolute Gasteiger partial charge is 0.339 e. The van der Waals surface area contributed by atoms with Gasteiger partial charge in [-0.05, 0) is 34.7 Å². The first-order chi connectivity index (χ1) is 16.1. The van der Waals surface area contributed by atoms with Crippen LogP contribution in [0, 0.1) is 5.82 Å². The molecule has 0 aliphatic carbocycles. The van der Waals surface area contributed by atoms with Crippen LogP contribution < -0.4 is 10.6 Å². The molecule has 6 nitrogen and oxygen atoms in total. The van der Waals surface area contributed by atoms with Crippen LogP contribution in [-0.4, -0.2) is 28.1 Å². The molecule has 2 aromatic carbocycles. The number of carbonyl (C=O) groups is 2. The van der Waals surface area contributed by atoms with Crippen molar-refractivity contribution < 1.29 is 14.0 Å². The number of amides is 2. The van der Waals surface area contributed by atoms with E-state index in [1.807, 2.05) is 35.7 Å². The number of hydrogen-bond donors (Lipinski definition) is 2. The predicted octanol–water partition coefficient (Wildman–Crippen LogP) is 5.01. The average molecular weight is 499 g/mol. The molecule has 0 unspecified atom stereocenters. The second-order valence-electron chi connectivity index (χ2n) is 6.97. The lowest BCUT2D eigenvalue weighted by atomic mass is 10.1. The van der Waals surface area contributed by atoms with Gasteiger partial charge in [0, 0.05) is 12.2 Å². The van der Waals surface area contributed by atoms with E-state index in [0.29, 0.717) is 26.5 Å². The molecular weight excluding hydrogens is 479 g/mol. The topological polar surface area (TPSA) is 84.0 Å². The maximum atomic E-state index is 13.0. The van der Waals surface area contributed by atoms with Crippen LogP contribution in [0.5, 0.6) is 0 Å². The minimum Gasteiger partial charge on any atom is -0.339 e. The number of carbonyl (C=O) groups excluding carboxylic acids is 2. The zero-order valence-corrected chi connectivity index (χ0v) is 19.7. The number of halogens is 1. The Kier molecular flexibility index (Phi) is 7.82. The van der Waals surface area contributed by atoms with Crippen LogP contribution in [0.4, 0.5) is 9.52 Å². The number of benzene rings is 2. The minimum absolute atomic E-state index is 0.277. The van der Waals surface area contributed by atoms with Gasteiger partial charge in [0.25, 0.3) is 5.91 Å². The first-order valence-corrected chi connectivity index (χ1v) is 12.6. The quantitative estimate of drug-likeness (QED) is 0.250. The van der Waals surface area contributed by atoms with Crippen LogP contribution in [0.1, 0.15) is 20.8 Å². The van der Waals surface area contributed by atoms with E-state index in [2.05, 4.69) is 20.8 Å². The molecule has 2 heterocycles. The molecule has 2 N–H and O–H groups in total. The lowest BCUT2D eigenvalue weighted by Crippen LogP contribution is -2.45. The molecule has 1 atom stereocenters. The summed E-state index contributed by atoms with van der Waals surface area (Å²) in [7, 11) is 0. The molecule has 4 aromatic rings. The monoisotopic (exact) mass is 498 g/mol. The van der Waals surface area contributed by atoms with E-state index in [0.717, 1.165) is 11.1 Å². The molecule has 0 spiro atoms. The molecule has 2 amide bonds. The van der Waals surface area contributed by atoms with Crippen LogP contribution in [0.15, 0.2) is 76.4 Å². The van der Waals surface area contributed by atoms with Crippen molar-refractivity contribution in [3.63, 3.8) is 0 Å². The van der Waals surface area contributed by atoms with E-state index < -0.39 is 6.04 Å². The van der Waals surface area contributed by atoms with Gasteiger partial charge >= 0.3 is 0 Å². The zero-order valence-electron chi connectivity index (χ0n) is 17.2. The number of anilines is 1. The van der Waals surface area contributed by atoms with Crippen molar-refractivity contribution in [1.29, 1.82) is 0 Å². The van der Waals surface area contributed by atoms with Crippen molar-refractivity contribution >= 4 is 51.4 Å². The Morgan fingerprint density at radius 3 is 2.48 bits per heavy atom.